The number of rotatable bonds is 2. The van der Waals surface area contributed by atoms with Crippen molar-refractivity contribution in [2.45, 2.75) is 24.0 Å². The van der Waals surface area contributed by atoms with Crippen molar-refractivity contribution in [1.29, 1.82) is 0 Å². The Morgan fingerprint density at radius 3 is 3.00 bits per heavy atom. The standard InChI is InChI=1S/C11H11S2/c1-8(2)13-10-4-3-9-5-6-12-11(9)7-10/h3-5,7-8H,1-2H3. The van der Waals surface area contributed by atoms with E-state index in [0.717, 1.165) is 0 Å². The SMILES string of the molecule is CC(C)Sc1ccc2c[c]sc2c1. The van der Waals surface area contributed by atoms with Gasteiger partial charge in [-0.3, -0.25) is 0 Å². The van der Waals surface area contributed by atoms with Crippen molar-refractivity contribution >= 4 is 33.2 Å². The summed E-state index contributed by atoms with van der Waals surface area (Å²) in [6.07, 6.45) is 0. The lowest BCUT2D eigenvalue weighted by atomic mass is 10.3. The fraction of sp³-hybridized carbons (Fsp3) is 0.273. The Balaban J connectivity index is 2.37. The summed E-state index contributed by atoms with van der Waals surface area (Å²) in [5.74, 6) is 0. The molecule has 67 valence electrons. The summed E-state index contributed by atoms with van der Waals surface area (Å²) in [5, 5.41) is 5.11. The van der Waals surface area contributed by atoms with Crippen LogP contribution in [0.3, 0.4) is 0 Å². The second-order valence-corrected chi connectivity index (χ2v) is 5.76. The molecule has 1 aromatic carbocycles. The molecule has 0 aliphatic heterocycles. The summed E-state index contributed by atoms with van der Waals surface area (Å²) in [5.41, 5.74) is 0. The van der Waals surface area contributed by atoms with E-state index < -0.39 is 0 Å². The van der Waals surface area contributed by atoms with Crippen molar-refractivity contribution in [2.24, 2.45) is 0 Å². The van der Waals surface area contributed by atoms with Crippen LogP contribution in [0.2, 0.25) is 0 Å². The zero-order valence-electron chi connectivity index (χ0n) is 7.70. The van der Waals surface area contributed by atoms with E-state index in [9.17, 15) is 0 Å². The van der Waals surface area contributed by atoms with Crippen molar-refractivity contribution < 1.29 is 0 Å². The molecule has 0 fully saturated rings. The Bertz CT molecular complexity index is 401. The van der Waals surface area contributed by atoms with Gasteiger partial charge < -0.3 is 0 Å². The molecule has 0 nitrogen and oxygen atoms in total. The van der Waals surface area contributed by atoms with Crippen LogP contribution in [0.15, 0.2) is 29.2 Å². The lowest BCUT2D eigenvalue weighted by Crippen LogP contribution is -1.84. The van der Waals surface area contributed by atoms with Crippen LogP contribution in [0, 0.1) is 5.38 Å². The van der Waals surface area contributed by atoms with E-state index in [0.29, 0.717) is 5.25 Å². The first-order chi connectivity index (χ1) is 6.25. The second-order valence-electron chi connectivity index (χ2n) is 3.23. The maximum absolute atomic E-state index is 3.15. The smallest absolute Gasteiger partial charge is 0.0455 e. The minimum atomic E-state index is 0.654. The molecule has 0 saturated carbocycles. The molecule has 0 aliphatic carbocycles. The fourth-order valence-corrected chi connectivity index (χ4v) is 2.92. The number of thioether (sulfide) groups is 1. The minimum absolute atomic E-state index is 0.654. The van der Waals surface area contributed by atoms with Crippen LogP contribution in [-0.2, 0) is 0 Å². The van der Waals surface area contributed by atoms with Gasteiger partial charge in [0.2, 0.25) is 0 Å². The first-order valence-corrected chi connectivity index (χ1v) is 6.01. The van der Waals surface area contributed by atoms with Crippen molar-refractivity contribution in [2.75, 3.05) is 0 Å². The minimum Gasteiger partial charge on any atom is -0.134 e. The lowest BCUT2D eigenvalue weighted by Gasteiger charge is -2.03. The Labute approximate surface area is 87.0 Å². The summed E-state index contributed by atoms with van der Waals surface area (Å²) >= 11 is 3.60. The Morgan fingerprint density at radius 1 is 1.38 bits per heavy atom. The average molecular weight is 207 g/mol. The number of thiophene rings is 1. The van der Waals surface area contributed by atoms with Crippen LogP contribution in [0.25, 0.3) is 10.1 Å². The number of hydrogen-bond acceptors (Lipinski definition) is 2. The average Bonchev–Trinajstić information content (AvgIpc) is 2.49. The molecule has 0 unspecified atom stereocenters. The third kappa shape index (κ3) is 2.06. The third-order valence-corrected chi connectivity index (χ3v) is 3.55. The largest absolute Gasteiger partial charge is 0.134 e. The highest BCUT2D eigenvalue weighted by atomic mass is 32.2. The van der Waals surface area contributed by atoms with Crippen molar-refractivity contribution in [3.63, 3.8) is 0 Å². The highest BCUT2D eigenvalue weighted by Gasteiger charge is 2.00. The quantitative estimate of drug-likeness (QED) is 0.665. The van der Waals surface area contributed by atoms with Crippen LogP contribution in [0.5, 0.6) is 0 Å². The summed E-state index contributed by atoms with van der Waals surface area (Å²) in [7, 11) is 0. The monoisotopic (exact) mass is 207 g/mol. The fourth-order valence-electron chi connectivity index (χ4n) is 1.22. The Hall–Kier alpha value is -0.470. The van der Waals surface area contributed by atoms with E-state index in [2.05, 4.69) is 37.4 Å². The van der Waals surface area contributed by atoms with Crippen LogP contribution in [-0.4, -0.2) is 5.25 Å². The molecule has 1 aromatic heterocycles. The number of benzene rings is 1. The van der Waals surface area contributed by atoms with Gasteiger partial charge in [0.05, 0.1) is 0 Å². The number of fused-ring (bicyclic) bond motifs is 1. The summed E-state index contributed by atoms with van der Waals surface area (Å²) in [6.45, 7) is 4.44. The molecule has 0 amide bonds. The van der Waals surface area contributed by atoms with Gasteiger partial charge in [0.25, 0.3) is 0 Å². The first kappa shape index (κ1) is 9.10. The number of hydrogen-bond donors (Lipinski definition) is 0. The van der Waals surface area contributed by atoms with Gasteiger partial charge in [-0.15, -0.1) is 23.1 Å². The highest BCUT2D eigenvalue weighted by molar-refractivity contribution is 7.99. The van der Waals surface area contributed by atoms with E-state index >= 15 is 0 Å². The zero-order valence-corrected chi connectivity index (χ0v) is 9.34. The van der Waals surface area contributed by atoms with E-state index in [-0.39, 0.29) is 0 Å². The molecule has 2 rings (SSSR count). The van der Waals surface area contributed by atoms with E-state index in [4.69, 9.17) is 0 Å². The molecule has 0 bridgehead atoms. The molecule has 0 saturated heterocycles. The molecular weight excluding hydrogens is 196 g/mol. The van der Waals surface area contributed by atoms with Crippen LogP contribution < -0.4 is 0 Å². The predicted molar refractivity (Wildman–Crippen MR) is 61.7 cm³/mol. The summed E-state index contributed by atoms with van der Waals surface area (Å²) < 4.78 is 1.34. The summed E-state index contributed by atoms with van der Waals surface area (Å²) in [4.78, 5) is 1.36. The maximum Gasteiger partial charge on any atom is 0.0455 e. The van der Waals surface area contributed by atoms with E-state index in [1.165, 1.54) is 15.0 Å². The molecule has 13 heavy (non-hydrogen) atoms. The molecule has 0 aliphatic rings. The van der Waals surface area contributed by atoms with E-state index in [1.807, 2.05) is 17.8 Å². The van der Waals surface area contributed by atoms with Gasteiger partial charge in [-0.2, -0.15) is 0 Å². The van der Waals surface area contributed by atoms with Gasteiger partial charge in [0.15, 0.2) is 0 Å². The van der Waals surface area contributed by atoms with Crippen LogP contribution >= 0.6 is 23.1 Å². The third-order valence-electron chi connectivity index (χ3n) is 1.74. The van der Waals surface area contributed by atoms with Gasteiger partial charge in [-0.25, -0.2) is 0 Å². The Morgan fingerprint density at radius 2 is 2.23 bits per heavy atom. The molecule has 1 radical (unpaired) electrons. The topological polar surface area (TPSA) is 0 Å². The molecule has 0 N–H and O–H groups in total. The predicted octanol–water partition coefficient (Wildman–Crippen LogP) is 4.20. The van der Waals surface area contributed by atoms with E-state index in [1.54, 1.807) is 11.3 Å². The van der Waals surface area contributed by atoms with Gasteiger partial charge in [-0.05, 0) is 23.6 Å². The molecular formula is C11H11S2. The summed E-state index contributed by atoms with van der Waals surface area (Å²) in [6, 6.07) is 8.66. The van der Waals surface area contributed by atoms with Gasteiger partial charge in [0, 0.05) is 20.2 Å². The molecule has 1 heterocycles. The van der Waals surface area contributed by atoms with Gasteiger partial charge in [-0.1, -0.05) is 19.9 Å². The van der Waals surface area contributed by atoms with Gasteiger partial charge >= 0.3 is 0 Å². The lowest BCUT2D eigenvalue weighted by molar-refractivity contribution is 1.11. The highest BCUT2D eigenvalue weighted by Crippen LogP contribution is 2.28. The Kier molecular flexibility index (Phi) is 2.61. The van der Waals surface area contributed by atoms with Gasteiger partial charge in [0.1, 0.15) is 0 Å². The molecule has 2 heteroatoms. The maximum atomic E-state index is 3.15. The second kappa shape index (κ2) is 3.72. The normalized spacial score (nSPS) is 11.3. The van der Waals surface area contributed by atoms with Crippen molar-refractivity contribution in [3.05, 3.63) is 29.6 Å². The molecule has 0 spiro atoms. The molecule has 2 aromatic rings. The van der Waals surface area contributed by atoms with Crippen molar-refractivity contribution in [1.82, 2.24) is 0 Å². The van der Waals surface area contributed by atoms with Crippen LogP contribution in [0.4, 0.5) is 0 Å². The molecule has 0 atom stereocenters. The first-order valence-electron chi connectivity index (χ1n) is 4.32. The zero-order chi connectivity index (χ0) is 9.26. The van der Waals surface area contributed by atoms with Crippen molar-refractivity contribution in [3.8, 4) is 0 Å². The van der Waals surface area contributed by atoms with Crippen LogP contribution in [0.1, 0.15) is 13.8 Å².